The van der Waals surface area contributed by atoms with Gasteiger partial charge in [-0.3, -0.25) is 9.69 Å². The Morgan fingerprint density at radius 1 is 1.00 bits per heavy atom. The lowest BCUT2D eigenvalue weighted by Crippen LogP contribution is -2.57. The third-order valence-corrected chi connectivity index (χ3v) is 13.9. The van der Waals surface area contributed by atoms with Gasteiger partial charge in [0.05, 0.1) is 29.3 Å². The van der Waals surface area contributed by atoms with Crippen molar-refractivity contribution in [2.24, 2.45) is 17.3 Å². The predicted molar refractivity (Wildman–Crippen MR) is 210 cm³/mol. The smallest absolute Gasteiger partial charge is 0.231 e. The maximum absolute atomic E-state index is 13.4. The minimum absolute atomic E-state index is 0.0419. The first kappa shape index (κ1) is 37.5. The highest BCUT2D eigenvalue weighted by molar-refractivity contribution is 7.13. The number of piperidine rings is 2. The normalized spacial score (nSPS) is 21.8. The molecule has 3 aliphatic heterocycles. The first-order valence-electron chi connectivity index (χ1n) is 20.3. The molecule has 1 N–H and O–H groups in total. The summed E-state index contributed by atoms with van der Waals surface area (Å²) >= 11 is 1.70. The maximum Gasteiger partial charge on any atom is 0.231 e. The molecule has 7 rings (SSSR count). The number of benzene rings is 1. The van der Waals surface area contributed by atoms with Crippen LogP contribution < -0.4 is 10.2 Å². The van der Waals surface area contributed by atoms with Crippen molar-refractivity contribution in [3.63, 3.8) is 0 Å². The molecule has 1 aromatic carbocycles. The summed E-state index contributed by atoms with van der Waals surface area (Å²) in [4.78, 5) is 26.8. The molecule has 1 aliphatic carbocycles. The number of morpholine rings is 1. The molecule has 3 saturated heterocycles. The Labute approximate surface area is 315 Å². The zero-order chi connectivity index (χ0) is 36.1. The fraction of sp³-hybridized carbons (Fsp3) is 0.690. The fourth-order valence-electron chi connectivity index (χ4n) is 9.41. The van der Waals surface area contributed by atoms with Crippen molar-refractivity contribution in [1.82, 2.24) is 25.3 Å². The number of hydrogen-bond acceptors (Lipinski definition) is 9. The van der Waals surface area contributed by atoms with Crippen LogP contribution in [0, 0.1) is 24.2 Å². The van der Waals surface area contributed by atoms with Gasteiger partial charge in [-0.25, -0.2) is 4.98 Å². The van der Waals surface area contributed by atoms with E-state index in [1.54, 1.807) is 11.3 Å². The number of nitrogens with zero attached hydrogens (tertiary/aromatic N) is 5. The molecule has 3 aromatic rings. The number of ether oxygens (including phenoxy) is 1. The van der Waals surface area contributed by atoms with Gasteiger partial charge in [0, 0.05) is 51.4 Å². The summed E-state index contributed by atoms with van der Waals surface area (Å²) < 4.78 is 11.4. The molecule has 4 fully saturated rings. The van der Waals surface area contributed by atoms with Crippen LogP contribution in [0.5, 0.6) is 0 Å². The van der Waals surface area contributed by atoms with E-state index in [9.17, 15) is 4.79 Å². The van der Waals surface area contributed by atoms with E-state index >= 15 is 0 Å². The zero-order valence-corrected chi connectivity index (χ0v) is 33.0. The molecule has 1 saturated carbocycles. The summed E-state index contributed by atoms with van der Waals surface area (Å²) in [5.74, 6) is 2.63. The number of carbonyl (C=O) groups excluding carboxylic acids is 1. The van der Waals surface area contributed by atoms with Crippen molar-refractivity contribution < 1.29 is 14.1 Å². The average Bonchev–Trinajstić information content (AvgIpc) is 3.81. The van der Waals surface area contributed by atoms with Gasteiger partial charge in [-0.1, -0.05) is 56.6 Å². The van der Waals surface area contributed by atoms with Crippen LogP contribution in [0.3, 0.4) is 0 Å². The van der Waals surface area contributed by atoms with Gasteiger partial charge in [0.15, 0.2) is 11.6 Å². The van der Waals surface area contributed by atoms with Gasteiger partial charge >= 0.3 is 0 Å². The Morgan fingerprint density at radius 2 is 1.73 bits per heavy atom. The Morgan fingerprint density at radius 3 is 2.40 bits per heavy atom. The molecule has 10 heteroatoms. The number of rotatable bonds is 14. The molecule has 2 atom stereocenters. The summed E-state index contributed by atoms with van der Waals surface area (Å²) in [6.45, 7) is 19.1. The monoisotopic (exact) mass is 730 g/mol. The maximum atomic E-state index is 13.4. The Hall–Kier alpha value is -2.79. The van der Waals surface area contributed by atoms with Gasteiger partial charge in [-0.15, -0.1) is 11.3 Å². The summed E-state index contributed by atoms with van der Waals surface area (Å²) in [6.07, 6.45) is 11.1. The summed E-state index contributed by atoms with van der Waals surface area (Å²) in [5, 5.41) is 7.68. The van der Waals surface area contributed by atoms with Crippen LogP contribution in [0.4, 0.5) is 5.82 Å². The summed E-state index contributed by atoms with van der Waals surface area (Å²) in [6, 6.07) is 11.8. The van der Waals surface area contributed by atoms with Crippen LogP contribution in [-0.2, 0) is 9.53 Å². The number of likely N-dealkylation sites (tertiary alicyclic amines) is 1. The van der Waals surface area contributed by atoms with Gasteiger partial charge in [0.2, 0.25) is 5.91 Å². The summed E-state index contributed by atoms with van der Waals surface area (Å²) in [5.41, 5.74) is 6.23. The fourth-order valence-corrected chi connectivity index (χ4v) is 10.2. The topological polar surface area (TPSA) is 87.0 Å². The quantitative estimate of drug-likeness (QED) is 0.169. The lowest BCUT2D eigenvalue weighted by Gasteiger charge is -2.56. The van der Waals surface area contributed by atoms with E-state index in [4.69, 9.17) is 9.26 Å². The van der Waals surface area contributed by atoms with Crippen molar-refractivity contribution in [3.8, 4) is 10.4 Å². The largest absolute Gasteiger partial charge is 0.379 e. The molecule has 52 heavy (non-hydrogen) atoms. The van der Waals surface area contributed by atoms with Crippen LogP contribution in [-0.4, -0.2) is 97.5 Å². The van der Waals surface area contributed by atoms with Crippen molar-refractivity contribution >= 4 is 23.1 Å². The van der Waals surface area contributed by atoms with E-state index in [-0.39, 0.29) is 17.7 Å². The highest BCUT2D eigenvalue weighted by Gasteiger charge is 2.48. The number of aryl methyl sites for hydroxylation is 1. The second-order valence-corrected chi connectivity index (χ2v) is 17.7. The van der Waals surface area contributed by atoms with Gasteiger partial charge in [0.25, 0.3) is 0 Å². The molecule has 4 aliphatic rings. The lowest BCUT2D eigenvalue weighted by atomic mass is 9.60. The number of thiazole rings is 1. The van der Waals surface area contributed by atoms with Crippen LogP contribution >= 0.6 is 11.3 Å². The van der Waals surface area contributed by atoms with Crippen molar-refractivity contribution in [2.45, 2.75) is 103 Å². The van der Waals surface area contributed by atoms with Crippen LogP contribution in [0.2, 0.25) is 0 Å². The van der Waals surface area contributed by atoms with E-state index in [0.29, 0.717) is 23.6 Å². The van der Waals surface area contributed by atoms with E-state index in [0.717, 1.165) is 82.1 Å². The standard InChI is InChI=1S/C42H62N6O3S/c1-30(2)39(41(49)43-16-6-5-7-31(3)34-8-10-35(11-9-34)40-32(4)44-29-52-40)37-25-38(45-51-37)48-17-12-33(13-18-48)28-46-19-14-42(15-20-46)26-36(27-42)47-21-23-50-24-22-47/h8-11,25,29-31,33,36,39H,5-7,12-24,26-28H2,1-4H3,(H,43,49). The zero-order valence-electron chi connectivity index (χ0n) is 32.2. The molecule has 1 spiro atoms. The number of unbranched alkanes of at least 4 members (excludes halogenated alkanes) is 1. The van der Waals surface area contributed by atoms with Gasteiger partial charge < -0.3 is 24.4 Å². The number of anilines is 1. The Kier molecular flexibility index (Phi) is 12.4. The molecule has 0 radical (unpaired) electrons. The minimum Gasteiger partial charge on any atom is -0.379 e. The summed E-state index contributed by atoms with van der Waals surface area (Å²) in [7, 11) is 0. The number of carbonyl (C=O) groups is 1. The van der Waals surface area contributed by atoms with E-state index in [1.807, 2.05) is 11.6 Å². The molecule has 1 amide bonds. The van der Waals surface area contributed by atoms with Crippen LogP contribution in [0.15, 0.2) is 40.4 Å². The van der Waals surface area contributed by atoms with Crippen molar-refractivity contribution in [3.05, 3.63) is 52.9 Å². The SMILES string of the molecule is Cc1ncsc1-c1ccc(C(C)CCCCNC(=O)C(c2cc(N3CCC(CN4CCC5(CC4)CC(N4CCOCC4)C5)CC3)no2)C(C)C)cc1. The molecular formula is C42H62N6O3S. The molecular weight excluding hydrogens is 669 g/mol. The average molecular weight is 731 g/mol. The molecule has 2 unspecified atom stereocenters. The molecule has 5 heterocycles. The van der Waals surface area contributed by atoms with E-state index in [2.05, 4.69) is 82.1 Å². The lowest BCUT2D eigenvalue weighted by molar-refractivity contribution is -0.124. The van der Waals surface area contributed by atoms with Gasteiger partial charge in [0.1, 0.15) is 5.92 Å². The Balaban J connectivity index is 0.798. The highest BCUT2D eigenvalue weighted by atomic mass is 32.1. The Bertz CT molecular complexity index is 1560. The predicted octanol–water partition coefficient (Wildman–Crippen LogP) is 7.73. The van der Waals surface area contributed by atoms with Crippen molar-refractivity contribution in [2.75, 3.05) is 70.5 Å². The number of amides is 1. The first-order valence-corrected chi connectivity index (χ1v) is 21.2. The van der Waals surface area contributed by atoms with Crippen molar-refractivity contribution in [1.29, 1.82) is 0 Å². The van der Waals surface area contributed by atoms with E-state index in [1.165, 1.54) is 74.2 Å². The van der Waals surface area contributed by atoms with Crippen LogP contribution in [0.1, 0.15) is 107 Å². The van der Waals surface area contributed by atoms with Crippen LogP contribution in [0.25, 0.3) is 10.4 Å². The van der Waals surface area contributed by atoms with Gasteiger partial charge in [-0.2, -0.15) is 0 Å². The second kappa shape index (κ2) is 17.1. The first-order chi connectivity index (χ1) is 25.3. The molecule has 0 bridgehead atoms. The number of hydrogen-bond donors (Lipinski definition) is 1. The number of aromatic nitrogens is 2. The van der Waals surface area contributed by atoms with Gasteiger partial charge in [-0.05, 0) is 106 Å². The van der Waals surface area contributed by atoms with E-state index < -0.39 is 0 Å². The third kappa shape index (κ3) is 8.94. The molecule has 2 aromatic heterocycles. The second-order valence-electron chi connectivity index (χ2n) is 16.8. The molecule has 284 valence electrons. The minimum atomic E-state index is -0.333. The third-order valence-electron chi connectivity index (χ3n) is 12.9. The molecule has 9 nitrogen and oxygen atoms in total. The highest BCUT2D eigenvalue weighted by Crippen LogP contribution is 2.51. The number of nitrogens with one attached hydrogen (secondary N) is 1.